The third-order valence-electron chi connectivity index (χ3n) is 4.50. The molecular formula is C20H16N6O2S. The van der Waals surface area contributed by atoms with Gasteiger partial charge < -0.3 is 10.1 Å². The van der Waals surface area contributed by atoms with Crippen LogP contribution in [0.4, 0.5) is 5.69 Å². The van der Waals surface area contributed by atoms with Crippen molar-refractivity contribution in [2.75, 3.05) is 12.4 Å². The zero-order valence-electron chi connectivity index (χ0n) is 15.4. The molecule has 0 aliphatic heterocycles. The second kappa shape index (κ2) is 7.02. The van der Waals surface area contributed by atoms with Gasteiger partial charge in [0.05, 0.1) is 25.5 Å². The first-order valence-corrected chi connectivity index (χ1v) is 9.74. The molecule has 2 aromatic carbocycles. The Bertz CT molecular complexity index is 1360. The summed E-state index contributed by atoms with van der Waals surface area (Å²) in [6.45, 7) is 0.487. The highest BCUT2D eigenvalue weighted by atomic mass is 32.1. The highest BCUT2D eigenvalue weighted by molar-refractivity contribution is 7.16. The minimum Gasteiger partial charge on any atom is -0.497 e. The van der Waals surface area contributed by atoms with Gasteiger partial charge in [-0.2, -0.15) is 19.7 Å². The topological polar surface area (TPSA) is 86.3 Å². The lowest BCUT2D eigenvalue weighted by molar-refractivity contribution is 0.415. The fourth-order valence-corrected chi connectivity index (χ4v) is 3.87. The molecule has 5 rings (SSSR count). The Morgan fingerprint density at radius 3 is 2.66 bits per heavy atom. The maximum atomic E-state index is 12.9. The number of para-hydroxylation sites is 1. The third-order valence-corrected chi connectivity index (χ3v) is 5.41. The van der Waals surface area contributed by atoms with Crippen LogP contribution in [-0.4, -0.2) is 31.5 Å². The zero-order valence-corrected chi connectivity index (χ0v) is 16.3. The summed E-state index contributed by atoms with van der Waals surface area (Å²) in [5.41, 5.74) is 2.10. The lowest BCUT2D eigenvalue weighted by Gasteiger charge is -2.04. The SMILES string of the molecule is COc1ccc(NCc2nn3c(=O)c4cnn(-c5ccccc5)c4nc3s2)cc1. The predicted octanol–water partition coefficient (Wildman–Crippen LogP) is 3.11. The van der Waals surface area contributed by atoms with Gasteiger partial charge in [0, 0.05) is 5.69 Å². The van der Waals surface area contributed by atoms with Gasteiger partial charge in [-0.3, -0.25) is 4.79 Å². The van der Waals surface area contributed by atoms with Crippen molar-refractivity contribution in [3.05, 3.63) is 76.2 Å². The molecule has 9 heteroatoms. The van der Waals surface area contributed by atoms with Crippen molar-refractivity contribution in [3.8, 4) is 11.4 Å². The number of hydrogen-bond acceptors (Lipinski definition) is 7. The summed E-state index contributed by atoms with van der Waals surface area (Å²) in [7, 11) is 1.63. The fourth-order valence-electron chi connectivity index (χ4n) is 3.05. The average Bonchev–Trinajstić information content (AvgIpc) is 3.38. The van der Waals surface area contributed by atoms with Crippen LogP contribution in [0.5, 0.6) is 5.75 Å². The number of nitrogens with zero attached hydrogens (tertiary/aromatic N) is 5. The highest BCUT2D eigenvalue weighted by Gasteiger charge is 2.15. The first-order chi connectivity index (χ1) is 14.2. The smallest absolute Gasteiger partial charge is 0.286 e. The first kappa shape index (κ1) is 17.4. The summed E-state index contributed by atoms with van der Waals surface area (Å²) in [5, 5.41) is 13.3. The molecule has 1 N–H and O–H groups in total. The van der Waals surface area contributed by atoms with E-state index in [2.05, 4.69) is 20.5 Å². The van der Waals surface area contributed by atoms with Crippen molar-refractivity contribution < 1.29 is 4.74 Å². The van der Waals surface area contributed by atoms with Crippen LogP contribution in [0.15, 0.2) is 65.6 Å². The quantitative estimate of drug-likeness (QED) is 0.484. The molecule has 5 aromatic rings. The molecule has 0 spiro atoms. The maximum absolute atomic E-state index is 12.9. The van der Waals surface area contributed by atoms with Crippen molar-refractivity contribution in [2.45, 2.75) is 6.54 Å². The zero-order chi connectivity index (χ0) is 19.8. The maximum Gasteiger partial charge on any atom is 0.286 e. The molecule has 8 nitrogen and oxygen atoms in total. The molecule has 3 heterocycles. The summed E-state index contributed by atoms with van der Waals surface area (Å²) in [4.78, 5) is 18.1. The molecule has 0 bridgehead atoms. The van der Waals surface area contributed by atoms with Crippen molar-refractivity contribution in [1.29, 1.82) is 0 Å². The van der Waals surface area contributed by atoms with Gasteiger partial charge in [-0.05, 0) is 36.4 Å². The van der Waals surface area contributed by atoms with E-state index in [1.807, 2.05) is 54.6 Å². The van der Waals surface area contributed by atoms with Gasteiger partial charge in [-0.25, -0.2) is 4.68 Å². The van der Waals surface area contributed by atoms with Crippen LogP contribution in [0.25, 0.3) is 21.7 Å². The number of hydrogen-bond donors (Lipinski definition) is 1. The standard InChI is InChI=1S/C20H16N6O2S/c1-28-15-9-7-13(8-10-15)21-12-17-24-26-19(27)16-11-22-25(14-5-3-2-4-6-14)18(16)23-20(26)29-17/h2-11,21H,12H2,1H3. The van der Waals surface area contributed by atoms with Crippen LogP contribution >= 0.6 is 11.3 Å². The molecule has 0 atom stereocenters. The predicted molar refractivity (Wildman–Crippen MR) is 112 cm³/mol. The number of methoxy groups -OCH3 is 1. The van der Waals surface area contributed by atoms with Gasteiger partial charge >= 0.3 is 0 Å². The Morgan fingerprint density at radius 1 is 1.10 bits per heavy atom. The second-order valence-corrected chi connectivity index (χ2v) is 7.36. The fraction of sp³-hybridized carbons (Fsp3) is 0.100. The molecule has 0 fully saturated rings. The summed E-state index contributed by atoms with van der Waals surface area (Å²) < 4.78 is 8.18. The van der Waals surface area contributed by atoms with Crippen LogP contribution in [0.2, 0.25) is 0 Å². The Morgan fingerprint density at radius 2 is 1.90 bits per heavy atom. The number of benzene rings is 2. The lowest BCUT2D eigenvalue weighted by Crippen LogP contribution is -2.15. The molecule has 3 aromatic heterocycles. The first-order valence-electron chi connectivity index (χ1n) is 8.93. The number of ether oxygens (including phenoxy) is 1. The van der Waals surface area contributed by atoms with E-state index in [9.17, 15) is 4.79 Å². The van der Waals surface area contributed by atoms with E-state index in [0.717, 1.165) is 22.1 Å². The monoisotopic (exact) mass is 404 g/mol. The molecule has 0 saturated carbocycles. The number of aromatic nitrogens is 5. The molecular weight excluding hydrogens is 388 g/mol. The largest absolute Gasteiger partial charge is 0.497 e. The van der Waals surface area contributed by atoms with E-state index < -0.39 is 0 Å². The van der Waals surface area contributed by atoms with E-state index >= 15 is 0 Å². The lowest BCUT2D eigenvalue weighted by atomic mass is 10.3. The van der Waals surface area contributed by atoms with Crippen molar-refractivity contribution in [1.82, 2.24) is 24.4 Å². The third kappa shape index (κ3) is 3.11. The minimum absolute atomic E-state index is 0.223. The summed E-state index contributed by atoms with van der Waals surface area (Å²) in [6.07, 6.45) is 1.54. The Hall–Kier alpha value is -3.72. The van der Waals surface area contributed by atoms with Gasteiger partial charge in [0.25, 0.3) is 5.56 Å². The van der Waals surface area contributed by atoms with Crippen molar-refractivity contribution in [2.24, 2.45) is 0 Å². The average molecular weight is 404 g/mol. The van der Waals surface area contributed by atoms with Crippen molar-refractivity contribution in [3.63, 3.8) is 0 Å². The van der Waals surface area contributed by atoms with Crippen molar-refractivity contribution >= 4 is 33.0 Å². The Kier molecular flexibility index (Phi) is 4.21. The molecule has 0 radical (unpaired) electrons. The van der Waals surface area contributed by atoms with E-state index in [0.29, 0.717) is 22.5 Å². The van der Waals surface area contributed by atoms with Gasteiger partial charge in [-0.15, -0.1) is 0 Å². The highest BCUT2D eigenvalue weighted by Crippen LogP contribution is 2.20. The van der Waals surface area contributed by atoms with Gasteiger partial charge in [0.2, 0.25) is 4.96 Å². The van der Waals surface area contributed by atoms with E-state index in [4.69, 9.17) is 4.74 Å². The molecule has 0 aliphatic carbocycles. The number of rotatable bonds is 5. The Labute approximate surface area is 169 Å². The van der Waals surface area contributed by atoms with Gasteiger partial charge in [-0.1, -0.05) is 29.5 Å². The molecule has 29 heavy (non-hydrogen) atoms. The molecule has 0 amide bonds. The van der Waals surface area contributed by atoms with E-state index in [1.165, 1.54) is 15.9 Å². The Balaban J connectivity index is 1.49. The normalized spacial score (nSPS) is 11.2. The van der Waals surface area contributed by atoms with Crippen LogP contribution in [0.1, 0.15) is 5.01 Å². The van der Waals surface area contributed by atoms with Crippen LogP contribution in [0, 0.1) is 0 Å². The van der Waals surface area contributed by atoms with Gasteiger partial charge in [0.15, 0.2) is 5.65 Å². The van der Waals surface area contributed by atoms with Crippen LogP contribution in [-0.2, 0) is 6.54 Å². The number of fused-ring (bicyclic) bond motifs is 2. The summed E-state index contributed by atoms with van der Waals surface area (Å²) >= 11 is 1.37. The van der Waals surface area contributed by atoms with Gasteiger partial charge in [0.1, 0.15) is 16.1 Å². The molecule has 0 aliphatic rings. The second-order valence-electron chi connectivity index (χ2n) is 6.32. The van der Waals surface area contributed by atoms with Crippen LogP contribution < -0.4 is 15.6 Å². The summed E-state index contributed by atoms with van der Waals surface area (Å²) in [5.74, 6) is 0.797. The number of nitrogens with one attached hydrogen (secondary N) is 1. The molecule has 0 saturated heterocycles. The van der Waals surface area contributed by atoms with E-state index in [1.54, 1.807) is 18.0 Å². The number of anilines is 1. The molecule has 0 unspecified atom stereocenters. The van der Waals surface area contributed by atoms with E-state index in [-0.39, 0.29) is 5.56 Å². The molecule has 144 valence electrons. The van der Waals surface area contributed by atoms with Crippen LogP contribution in [0.3, 0.4) is 0 Å². The minimum atomic E-state index is -0.223. The summed E-state index contributed by atoms with van der Waals surface area (Å²) in [6, 6.07) is 17.2.